The van der Waals surface area contributed by atoms with Crippen molar-refractivity contribution in [1.82, 2.24) is 15.5 Å². The van der Waals surface area contributed by atoms with Crippen molar-refractivity contribution in [3.63, 3.8) is 0 Å². The van der Waals surface area contributed by atoms with Gasteiger partial charge in [0.05, 0.1) is 6.61 Å². The van der Waals surface area contributed by atoms with E-state index in [2.05, 4.69) is 10.6 Å². The molecular formula is C14H24N4O3. The van der Waals surface area contributed by atoms with E-state index in [1.54, 1.807) is 4.90 Å². The summed E-state index contributed by atoms with van der Waals surface area (Å²) in [5.74, 6) is -0.471. The number of primary amides is 1. The predicted molar refractivity (Wildman–Crippen MR) is 78.4 cm³/mol. The first-order chi connectivity index (χ1) is 10.0. The molecule has 0 saturated carbocycles. The second kappa shape index (κ2) is 6.44. The van der Waals surface area contributed by atoms with Gasteiger partial charge in [0.15, 0.2) is 0 Å². The summed E-state index contributed by atoms with van der Waals surface area (Å²) in [7, 11) is 0. The summed E-state index contributed by atoms with van der Waals surface area (Å²) >= 11 is 0. The zero-order chi connectivity index (χ0) is 15.5. The van der Waals surface area contributed by atoms with E-state index in [1.807, 2.05) is 13.8 Å². The molecule has 0 spiro atoms. The van der Waals surface area contributed by atoms with E-state index in [-0.39, 0.29) is 12.6 Å². The fourth-order valence-electron chi connectivity index (χ4n) is 2.90. The van der Waals surface area contributed by atoms with Crippen molar-refractivity contribution < 1.29 is 14.3 Å². The molecule has 21 heavy (non-hydrogen) atoms. The minimum Gasteiger partial charge on any atom is -0.380 e. The molecule has 0 unspecified atom stereocenters. The van der Waals surface area contributed by atoms with E-state index < -0.39 is 11.3 Å². The van der Waals surface area contributed by atoms with Crippen molar-refractivity contribution in [2.75, 3.05) is 39.4 Å². The zero-order valence-electron chi connectivity index (χ0n) is 12.7. The van der Waals surface area contributed by atoms with Crippen molar-refractivity contribution in [3.05, 3.63) is 11.3 Å². The summed E-state index contributed by atoms with van der Waals surface area (Å²) in [6.45, 7) is 6.79. The summed E-state index contributed by atoms with van der Waals surface area (Å²) in [6.07, 6.45) is 0.732. The minimum absolute atomic E-state index is 0.175. The Morgan fingerprint density at radius 3 is 2.86 bits per heavy atom. The lowest BCUT2D eigenvalue weighted by Crippen LogP contribution is -2.57. The SMILES string of the molecule is CCOC[C@]1(C(N)=O)CNCC2=C1NC(=O)N(CC)CC2. The van der Waals surface area contributed by atoms with Crippen LogP contribution in [0.1, 0.15) is 20.3 Å². The molecule has 118 valence electrons. The molecule has 7 heteroatoms. The standard InChI is InChI=1S/C14H24N4O3/c1-3-18-6-5-10-7-16-8-14(12(15)19,9-21-4-2)11(10)17-13(18)20/h16H,3-9H2,1-2H3,(H2,15,19)(H,17,20)/t14-/m1/s1. The van der Waals surface area contributed by atoms with Crippen LogP contribution in [-0.2, 0) is 9.53 Å². The normalized spacial score (nSPS) is 26.2. The first-order valence-electron chi connectivity index (χ1n) is 7.42. The molecular weight excluding hydrogens is 272 g/mol. The Morgan fingerprint density at radius 1 is 1.48 bits per heavy atom. The third kappa shape index (κ3) is 2.89. The second-order valence-electron chi connectivity index (χ2n) is 5.43. The smallest absolute Gasteiger partial charge is 0.321 e. The lowest BCUT2D eigenvalue weighted by atomic mass is 9.78. The Hall–Kier alpha value is -1.60. The Kier molecular flexibility index (Phi) is 4.84. The zero-order valence-corrected chi connectivity index (χ0v) is 12.7. The number of amides is 3. The van der Waals surface area contributed by atoms with E-state index >= 15 is 0 Å². The molecule has 0 radical (unpaired) electrons. The van der Waals surface area contributed by atoms with Crippen LogP contribution < -0.4 is 16.4 Å². The van der Waals surface area contributed by atoms with Crippen molar-refractivity contribution in [1.29, 1.82) is 0 Å². The Morgan fingerprint density at radius 2 is 2.24 bits per heavy atom. The van der Waals surface area contributed by atoms with Gasteiger partial charge in [0.1, 0.15) is 5.41 Å². The maximum atomic E-state index is 12.3. The molecule has 2 heterocycles. The van der Waals surface area contributed by atoms with Crippen LogP contribution in [0.5, 0.6) is 0 Å². The first kappa shape index (κ1) is 15.8. The lowest BCUT2D eigenvalue weighted by molar-refractivity contribution is -0.129. The van der Waals surface area contributed by atoms with Gasteiger partial charge in [-0.3, -0.25) is 4.79 Å². The van der Waals surface area contributed by atoms with Crippen LogP contribution >= 0.6 is 0 Å². The van der Waals surface area contributed by atoms with E-state index in [9.17, 15) is 9.59 Å². The fourth-order valence-corrected chi connectivity index (χ4v) is 2.90. The number of carbonyl (C=O) groups is 2. The number of rotatable bonds is 5. The van der Waals surface area contributed by atoms with Crippen LogP contribution in [0, 0.1) is 5.41 Å². The molecule has 0 saturated heterocycles. The highest BCUT2D eigenvalue weighted by atomic mass is 16.5. The second-order valence-corrected chi connectivity index (χ2v) is 5.43. The van der Waals surface area contributed by atoms with Crippen LogP contribution in [0.25, 0.3) is 0 Å². The molecule has 2 aliphatic rings. The van der Waals surface area contributed by atoms with Gasteiger partial charge < -0.3 is 26.0 Å². The number of nitrogens with two attached hydrogens (primary N) is 1. The Balaban J connectivity index is 2.37. The molecule has 3 amide bonds. The highest BCUT2D eigenvalue weighted by Crippen LogP contribution is 2.33. The number of hydrogen-bond acceptors (Lipinski definition) is 4. The van der Waals surface area contributed by atoms with Gasteiger partial charge in [-0.1, -0.05) is 0 Å². The molecule has 0 bridgehead atoms. The number of ether oxygens (including phenoxy) is 1. The largest absolute Gasteiger partial charge is 0.380 e. The first-order valence-corrected chi connectivity index (χ1v) is 7.42. The van der Waals surface area contributed by atoms with Crippen molar-refractivity contribution in [3.8, 4) is 0 Å². The molecule has 2 rings (SSSR count). The monoisotopic (exact) mass is 296 g/mol. The maximum Gasteiger partial charge on any atom is 0.321 e. The van der Waals surface area contributed by atoms with Crippen LogP contribution in [0.15, 0.2) is 11.3 Å². The number of urea groups is 1. The molecule has 0 aromatic carbocycles. The number of carbonyl (C=O) groups excluding carboxylic acids is 2. The summed E-state index contributed by atoms with van der Waals surface area (Å²) < 4.78 is 5.48. The van der Waals surface area contributed by atoms with Crippen LogP contribution in [0.3, 0.4) is 0 Å². The number of nitrogens with one attached hydrogen (secondary N) is 2. The molecule has 4 N–H and O–H groups in total. The average molecular weight is 296 g/mol. The number of nitrogens with zero attached hydrogens (tertiary/aromatic N) is 1. The lowest BCUT2D eigenvalue weighted by Gasteiger charge is -2.38. The molecule has 0 fully saturated rings. The third-order valence-electron chi connectivity index (χ3n) is 4.21. The summed E-state index contributed by atoms with van der Waals surface area (Å²) in [6, 6.07) is -0.175. The summed E-state index contributed by atoms with van der Waals surface area (Å²) in [5.41, 5.74) is 6.33. The Labute approximate surface area is 124 Å². The quantitative estimate of drug-likeness (QED) is 0.654. The topological polar surface area (TPSA) is 96.7 Å². The molecule has 7 nitrogen and oxygen atoms in total. The summed E-state index contributed by atoms with van der Waals surface area (Å²) in [4.78, 5) is 26.1. The predicted octanol–water partition coefficient (Wildman–Crippen LogP) is -0.213. The van der Waals surface area contributed by atoms with Crippen molar-refractivity contribution >= 4 is 11.9 Å². The van der Waals surface area contributed by atoms with Gasteiger partial charge in [0.2, 0.25) is 5.91 Å². The third-order valence-corrected chi connectivity index (χ3v) is 4.21. The van der Waals surface area contributed by atoms with E-state index in [1.165, 1.54) is 0 Å². The molecule has 2 aliphatic heterocycles. The minimum atomic E-state index is -0.997. The number of hydrogen-bond donors (Lipinski definition) is 3. The van der Waals surface area contributed by atoms with Gasteiger partial charge >= 0.3 is 6.03 Å². The van der Waals surface area contributed by atoms with Crippen LogP contribution in [-0.4, -0.2) is 56.2 Å². The highest BCUT2D eigenvalue weighted by molar-refractivity contribution is 5.88. The van der Waals surface area contributed by atoms with Gasteiger partial charge in [0, 0.05) is 38.5 Å². The molecule has 1 atom stereocenters. The van der Waals surface area contributed by atoms with Gasteiger partial charge in [-0.25, -0.2) is 4.79 Å². The van der Waals surface area contributed by atoms with Crippen molar-refractivity contribution in [2.24, 2.45) is 11.1 Å². The highest BCUT2D eigenvalue weighted by Gasteiger charge is 2.46. The van der Waals surface area contributed by atoms with E-state index in [4.69, 9.17) is 10.5 Å². The summed E-state index contributed by atoms with van der Waals surface area (Å²) in [5, 5.41) is 6.14. The van der Waals surface area contributed by atoms with Gasteiger partial charge in [-0.05, 0) is 25.8 Å². The Bertz CT molecular complexity index is 463. The average Bonchev–Trinajstić information content (AvgIpc) is 2.63. The van der Waals surface area contributed by atoms with E-state index in [0.717, 1.165) is 12.0 Å². The van der Waals surface area contributed by atoms with Gasteiger partial charge in [-0.2, -0.15) is 0 Å². The molecule has 0 aromatic heterocycles. The van der Waals surface area contributed by atoms with Gasteiger partial charge in [0.25, 0.3) is 0 Å². The van der Waals surface area contributed by atoms with Gasteiger partial charge in [-0.15, -0.1) is 0 Å². The maximum absolute atomic E-state index is 12.3. The molecule has 0 aliphatic carbocycles. The van der Waals surface area contributed by atoms with Crippen LogP contribution in [0.4, 0.5) is 4.79 Å². The fraction of sp³-hybridized carbons (Fsp3) is 0.714. The molecule has 0 aromatic rings. The van der Waals surface area contributed by atoms with Crippen molar-refractivity contribution in [2.45, 2.75) is 20.3 Å². The van der Waals surface area contributed by atoms with E-state index in [0.29, 0.717) is 38.5 Å². The van der Waals surface area contributed by atoms with Crippen LogP contribution in [0.2, 0.25) is 0 Å².